The van der Waals surface area contributed by atoms with Gasteiger partial charge in [-0.15, -0.1) is 0 Å². The van der Waals surface area contributed by atoms with Crippen molar-refractivity contribution in [3.63, 3.8) is 0 Å². The lowest BCUT2D eigenvalue weighted by Gasteiger charge is -2.39. The first-order valence-electron chi connectivity index (χ1n) is 6.62. The van der Waals surface area contributed by atoms with Crippen molar-refractivity contribution in [2.45, 2.75) is 24.2 Å². The molecule has 0 spiro atoms. The number of nitrogens with zero attached hydrogens (tertiary/aromatic N) is 2. The van der Waals surface area contributed by atoms with Crippen LogP contribution in [0.5, 0.6) is 0 Å². The Labute approximate surface area is 116 Å². The molecule has 2 aliphatic rings. The van der Waals surface area contributed by atoms with Crippen LogP contribution in [0.1, 0.15) is 18.4 Å². The van der Waals surface area contributed by atoms with E-state index in [-0.39, 0.29) is 5.82 Å². The predicted octanol–water partition coefficient (Wildman–Crippen LogP) is 3.01. The fourth-order valence-corrected chi connectivity index (χ4v) is 3.74. The maximum Gasteiger partial charge on any atom is 0.129 e. The summed E-state index contributed by atoms with van der Waals surface area (Å²) >= 11 is 3.41. The molecule has 0 saturated carbocycles. The Hall–Kier alpha value is -0.610. The van der Waals surface area contributed by atoms with Crippen molar-refractivity contribution < 1.29 is 4.39 Å². The highest BCUT2D eigenvalue weighted by molar-refractivity contribution is 9.08. The van der Waals surface area contributed by atoms with Crippen LogP contribution in [0.15, 0.2) is 18.2 Å². The zero-order chi connectivity index (χ0) is 12.5. The second-order valence-corrected chi connectivity index (χ2v) is 5.71. The molecular weight excluding hydrogens is 295 g/mol. The molecule has 2 fully saturated rings. The molecule has 0 aliphatic carbocycles. The largest absolute Gasteiger partial charge is 0.368 e. The van der Waals surface area contributed by atoms with E-state index in [1.807, 2.05) is 12.1 Å². The van der Waals surface area contributed by atoms with Crippen LogP contribution >= 0.6 is 15.9 Å². The van der Waals surface area contributed by atoms with E-state index in [4.69, 9.17) is 0 Å². The molecule has 1 atom stereocenters. The third kappa shape index (κ3) is 2.16. The van der Waals surface area contributed by atoms with E-state index in [0.29, 0.717) is 11.4 Å². The number of hydrogen-bond acceptors (Lipinski definition) is 2. The van der Waals surface area contributed by atoms with Gasteiger partial charge in [-0.25, -0.2) is 4.39 Å². The quantitative estimate of drug-likeness (QED) is 0.775. The number of hydrogen-bond donors (Lipinski definition) is 0. The maximum atomic E-state index is 13.8. The van der Waals surface area contributed by atoms with Crippen LogP contribution in [-0.4, -0.2) is 37.1 Å². The monoisotopic (exact) mass is 312 g/mol. The van der Waals surface area contributed by atoms with E-state index in [1.165, 1.54) is 19.4 Å². The second kappa shape index (κ2) is 5.17. The first-order valence-corrected chi connectivity index (χ1v) is 7.74. The van der Waals surface area contributed by atoms with Crippen molar-refractivity contribution in [1.82, 2.24) is 4.90 Å². The van der Waals surface area contributed by atoms with Crippen molar-refractivity contribution in [1.29, 1.82) is 0 Å². The van der Waals surface area contributed by atoms with Gasteiger partial charge in [-0.2, -0.15) is 0 Å². The number of benzene rings is 1. The fourth-order valence-electron chi connectivity index (χ4n) is 3.19. The van der Waals surface area contributed by atoms with Crippen LogP contribution < -0.4 is 4.90 Å². The van der Waals surface area contributed by atoms with Crippen LogP contribution in [0.3, 0.4) is 0 Å². The molecule has 2 saturated heterocycles. The van der Waals surface area contributed by atoms with Crippen molar-refractivity contribution in [3.8, 4) is 0 Å². The highest BCUT2D eigenvalue weighted by Gasteiger charge is 2.31. The lowest BCUT2D eigenvalue weighted by molar-refractivity contribution is 0.231. The van der Waals surface area contributed by atoms with Crippen LogP contribution in [0.25, 0.3) is 0 Å². The summed E-state index contributed by atoms with van der Waals surface area (Å²) < 4.78 is 13.8. The van der Waals surface area contributed by atoms with Gasteiger partial charge in [0, 0.05) is 42.3 Å². The molecule has 0 radical (unpaired) electrons. The predicted molar refractivity (Wildman–Crippen MR) is 75.8 cm³/mol. The Morgan fingerprint density at radius 1 is 1.28 bits per heavy atom. The van der Waals surface area contributed by atoms with E-state index in [0.717, 1.165) is 30.9 Å². The number of halogens is 2. The van der Waals surface area contributed by atoms with Crippen molar-refractivity contribution in [3.05, 3.63) is 29.6 Å². The van der Waals surface area contributed by atoms with E-state index < -0.39 is 0 Å². The highest BCUT2D eigenvalue weighted by atomic mass is 79.9. The minimum Gasteiger partial charge on any atom is -0.368 e. The normalized spacial score (nSPS) is 24.3. The Bertz CT molecular complexity index is 438. The molecule has 0 N–H and O–H groups in total. The first-order chi connectivity index (χ1) is 8.79. The molecule has 0 aromatic heterocycles. The minimum atomic E-state index is -0.0989. The van der Waals surface area contributed by atoms with Gasteiger partial charge in [-0.3, -0.25) is 4.90 Å². The van der Waals surface area contributed by atoms with Crippen molar-refractivity contribution in [2.24, 2.45) is 0 Å². The van der Waals surface area contributed by atoms with Gasteiger partial charge in [0.15, 0.2) is 0 Å². The Kier molecular flexibility index (Phi) is 3.57. The summed E-state index contributed by atoms with van der Waals surface area (Å²) in [6.45, 7) is 4.42. The molecule has 18 heavy (non-hydrogen) atoms. The topological polar surface area (TPSA) is 6.48 Å². The summed E-state index contributed by atoms with van der Waals surface area (Å²) in [5.74, 6) is -0.0989. The summed E-state index contributed by atoms with van der Waals surface area (Å²) in [7, 11) is 0. The SMILES string of the molecule is Fc1cccc(N2CCN3CCCC3C2)c1CBr. The zero-order valence-electron chi connectivity index (χ0n) is 10.4. The number of piperazine rings is 1. The molecule has 0 bridgehead atoms. The highest BCUT2D eigenvalue weighted by Crippen LogP contribution is 2.30. The Morgan fingerprint density at radius 2 is 2.17 bits per heavy atom. The van der Waals surface area contributed by atoms with E-state index in [9.17, 15) is 4.39 Å². The molecule has 0 amide bonds. The smallest absolute Gasteiger partial charge is 0.129 e. The van der Waals surface area contributed by atoms with Gasteiger partial charge in [-0.05, 0) is 31.5 Å². The Balaban J connectivity index is 1.84. The average Bonchev–Trinajstić information content (AvgIpc) is 2.85. The molecule has 4 heteroatoms. The summed E-state index contributed by atoms with van der Waals surface area (Å²) in [6.07, 6.45) is 2.60. The zero-order valence-corrected chi connectivity index (χ0v) is 12.0. The van der Waals surface area contributed by atoms with Crippen LogP contribution in [-0.2, 0) is 5.33 Å². The third-order valence-corrected chi connectivity index (χ3v) is 4.72. The number of rotatable bonds is 2. The lowest BCUT2D eigenvalue weighted by Crippen LogP contribution is -2.50. The molecule has 3 rings (SSSR count). The maximum absolute atomic E-state index is 13.8. The minimum absolute atomic E-state index is 0.0989. The van der Waals surface area contributed by atoms with Gasteiger partial charge in [0.1, 0.15) is 5.82 Å². The van der Waals surface area contributed by atoms with Crippen molar-refractivity contribution >= 4 is 21.6 Å². The summed E-state index contributed by atoms with van der Waals surface area (Å²) in [5, 5.41) is 0.583. The summed E-state index contributed by atoms with van der Waals surface area (Å²) in [6, 6.07) is 6.08. The van der Waals surface area contributed by atoms with Crippen LogP contribution in [0.2, 0.25) is 0 Å². The van der Waals surface area contributed by atoms with Gasteiger partial charge < -0.3 is 4.90 Å². The van der Waals surface area contributed by atoms with E-state index in [1.54, 1.807) is 6.07 Å². The third-order valence-electron chi connectivity index (χ3n) is 4.16. The molecule has 2 nitrogen and oxygen atoms in total. The van der Waals surface area contributed by atoms with Crippen molar-refractivity contribution in [2.75, 3.05) is 31.1 Å². The van der Waals surface area contributed by atoms with Gasteiger partial charge in [-0.1, -0.05) is 22.0 Å². The molecule has 98 valence electrons. The van der Waals surface area contributed by atoms with Crippen LogP contribution in [0, 0.1) is 5.82 Å². The standard InChI is InChI=1S/C14H18BrFN2/c15-9-12-13(16)4-1-5-14(12)18-8-7-17-6-2-3-11(17)10-18/h1,4-5,11H,2-3,6-10H2. The molecule has 1 aromatic rings. The van der Waals surface area contributed by atoms with Gasteiger partial charge >= 0.3 is 0 Å². The number of anilines is 1. The van der Waals surface area contributed by atoms with E-state index in [2.05, 4.69) is 25.7 Å². The fraction of sp³-hybridized carbons (Fsp3) is 0.571. The molecule has 2 heterocycles. The molecule has 1 unspecified atom stereocenters. The van der Waals surface area contributed by atoms with Gasteiger partial charge in [0.2, 0.25) is 0 Å². The van der Waals surface area contributed by atoms with E-state index >= 15 is 0 Å². The average molecular weight is 313 g/mol. The second-order valence-electron chi connectivity index (χ2n) is 5.15. The lowest BCUT2D eigenvalue weighted by atomic mass is 10.1. The van der Waals surface area contributed by atoms with Gasteiger partial charge in [0.05, 0.1) is 0 Å². The number of fused-ring (bicyclic) bond motifs is 1. The van der Waals surface area contributed by atoms with Gasteiger partial charge in [0.25, 0.3) is 0 Å². The number of alkyl halides is 1. The summed E-state index contributed by atoms with van der Waals surface area (Å²) in [5.41, 5.74) is 1.86. The molecular formula is C14H18BrFN2. The molecule has 2 aliphatic heterocycles. The Morgan fingerprint density at radius 3 is 3.00 bits per heavy atom. The first kappa shape index (κ1) is 12.4. The summed E-state index contributed by atoms with van der Waals surface area (Å²) in [4.78, 5) is 4.93. The molecule has 1 aromatic carbocycles. The van der Waals surface area contributed by atoms with Crippen LogP contribution in [0.4, 0.5) is 10.1 Å².